The number of carbonyl (C=O) groups excluding carboxylic acids is 1. The Labute approximate surface area is 112 Å². The Kier molecular flexibility index (Phi) is 5.13. The van der Waals surface area contributed by atoms with E-state index in [-0.39, 0.29) is 11.9 Å². The Balaban J connectivity index is 1.97. The number of piperidine rings is 1. The van der Waals surface area contributed by atoms with Crippen LogP contribution in [0, 0.1) is 0 Å². The third kappa shape index (κ3) is 3.29. The number of amides is 1. The number of likely N-dealkylation sites (tertiary alicyclic amines) is 1. The van der Waals surface area contributed by atoms with Gasteiger partial charge in [0, 0.05) is 24.5 Å². The minimum Gasteiger partial charge on any atom is -0.333 e. The molecule has 1 N–H and O–H groups in total. The summed E-state index contributed by atoms with van der Waals surface area (Å²) < 4.78 is 0. The van der Waals surface area contributed by atoms with Gasteiger partial charge in [0.2, 0.25) is 5.91 Å². The lowest BCUT2D eigenvalue weighted by molar-refractivity contribution is -0.135. The van der Waals surface area contributed by atoms with E-state index < -0.39 is 0 Å². The molecule has 1 aromatic rings. The first-order valence-electron chi connectivity index (χ1n) is 6.66. The van der Waals surface area contributed by atoms with Crippen LogP contribution in [0.4, 0.5) is 0 Å². The van der Waals surface area contributed by atoms with Gasteiger partial charge in [-0.25, -0.2) is 4.98 Å². The van der Waals surface area contributed by atoms with Crippen molar-refractivity contribution in [2.45, 2.75) is 38.1 Å². The Hall–Kier alpha value is -0.940. The fourth-order valence-electron chi connectivity index (χ4n) is 2.45. The van der Waals surface area contributed by atoms with E-state index in [1.807, 2.05) is 23.5 Å². The van der Waals surface area contributed by atoms with E-state index in [1.54, 1.807) is 11.3 Å². The minimum absolute atomic E-state index is 0.223. The Bertz CT molecular complexity index is 366. The Morgan fingerprint density at radius 3 is 3.22 bits per heavy atom. The van der Waals surface area contributed by atoms with Gasteiger partial charge in [0.1, 0.15) is 5.01 Å². The van der Waals surface area contributed by atoms with Crippen molar-refractivity contribution in [2.24, 2.45) is 0 Å². The van der Waals surface area contributed by atoms with E-state index in [0.717, 1.165) is 37.4 Å². The molecule has 0 aliphatic carbocycles. The normalized spacial score (nSPS) is 20.1. The van der Waals surface area contributed by atoms with Crippen LogP contribution >= 0.6 is 11.3 Å². The van der Waals surface area contributed by atoms with Crippen LogP contribution in [-0.2, 0) is 4.79 Å². The molecule has 1 unspecified atom stereocenters. The second-order valence-corrected chi connectivity index (χ2v) is 5.60. The summed E-state index contributed by atoms with van der Waals surface area (Å²) in [6.45, 7) is 1.80. The van der Waals surface area contributed by atoms with Crippen LogP contribution in [0.15, 0.2) is 11.6 Å². The topological polar surface area (TPSA) is 45.2 Å². The second-order valence-electron chi connectivity index (χ2n) is 4.68. The third-order valence-electron chi connectivity index (χ3n) is 3.38. The monoisotopic (exact) mass is 267 g/mol. The van der Waals surface area contributed by atoms with Crippen molar-refractivity contribution in [3.8, 4) is 0 Å². The molecule has 2 heterocycles. The van der Waals surface area contributed by atoms with Gasteiger partial charge in [-0.05, 0) is 39.3 Å². The molecule has 0 aromatic carbocycles. The maximum absolute atomic E-state index is 12.3. The number of thiazole rings is 1. The van der Waals surface area contributed by atoms with Crippen LogP contribution in [0.1, 0.15) is 43.2 Å². The van der Waals surface area contributed by atoms with Gasteiger partial charge >= 0.3 is 0 Å². The summed E-state index contributed by atoms with van der Waals surface area (Å²) in [6.07, 6.45) is 6.77. The molecule has 2 rings (SSSR count). The summed E-state index contributed by atoms with van der Waals surface area (Å²) in [4.78, 5) is 18.7. The molecule has 0 spiro atoms. The molecule has 1 fully saturated rings. The predicted molar refractivity (Wildman–Crippen MR) is 73.6 cm³/mol. The highest BCUT2D eigenvalue weighted by molar-refractivity contribution is 7.09. The average Bonchev–Trinajstić information content (AvgIpc) is 2.93. The summed E-state index contributed by atoms with van der Waals surface area (Å²) in [7, 11) is 1.92. The van der Waals surface area contributed by atoms with Crippen LogP contribution in [0.5, 0.6) is 0 Å². The van der Waals surface area contributed by atoms with Crippen molar-refractivity contribution in [1.82, 2.24) is 15.2 Å². The molecule has 1 saturated heterocycles. The number of carbonyl (C=O) groups is 1. The zero-order valence-corrected chi connectivity index (χ0v) is 11.7. The highest BCUT2D eigenvalue weighted by atomic mass is 32.1. The molecule has 4 nitrogen and oxygen atoms in total. The Morgan fingerprint density at radius 1 is 1.61 bits per heavy atom. The Morgan fingerprint density at radius 2 is 2.50 bits per heavy atom. The quantitative estimate of drug-likeness (QED) is 0.832. The lowest BCUT2D eigenvalue weighted by Crippen LogP contribution is -2.38. The predicted octanol–water partition coefficient (Wildman–Crippen LogP) is 2.20. The van der Waals surface area contributed by atoms with Crippen molar-refractivity contribution < 1.29 is 4.79 Å². The molecular weight excluding hydrogens is 246 g/mol. The van der Waals surface area contributed by atoms with Crippen LogP contribution in [0.2, 0.25) is 0 Å². The zero-order chi connectivity index (χ0) is 12.8. The lowest BCUT2D eigenvalue weighted by Gasteiger charge is -2.34. The van der Waals surface area contributed by atoms with E-state index in [4.69, 9.17) is 0 Å². The van der Waals surface area contributed by atoms with Gasteiger partial charge in [-0.3, -0.25) is 4.79 Å². The van der Waals surface area contributed by atoms with Gasteiger partial charge in [-0.2, -0.15) is 0 Å². The molecule has 1 amide bonds. The number of rotatable bonds is 5. The zero-order valence-electron chi connectivity index (χ0n) is 10.9. The van der Waals surface area contributed by atoms with E-state index in [0.29, 0.717) is 6.42 Å². The summed E-state index contributed by atoms with van der Waals surface area (Å²) in [5.74, 6) is 0.283. The van der Waals surface area contributed by atoms with Crippen LogP contribution in [0.3, 0.4) is 0 Å². The molecule has 0 saturated carbocycles. The van der Waals surface area contributed by atoms with Crippen molar-refractivity contribution in [1.29, 1.82) is 0 Å². The summed E-state index contributed by atoms with van der Waals surface area (Å²) in [6, 6.07) is 0.223. The SMILES string of the molecule is CNCCCC(=O)N1CCCCC1c1nccs1. The van der Waals surface area contributed by atoms with Gasteiger partial charge < -0.3 is 10.2 Å². The molecule has 0 bridgehead atoms. The minimum atomic E-state index is 0.223. The molecule has 1 aliphatic rings. The summed E-state index contributed by atoms with van der Waals surface area (Å²) in [5, 5.41) is 6.17. The maximum atomic E-state index is 12.3. The standard InChI is InChI=1S/C13H21N3OS/c1-14-7-4-6-12(17)16-9-3-2-5-11(16)13-15-8-10-18-13/h8,10-11,14H,2-7,9H2,1H3. The molecule has 5 heteroatoms. The molecule has 1 atom stereocenters. The molecule has 100 valence electrons. The van der Waals surface area contributed by atoms with Crippen molar-refractivity contribution in [3.05, 3.63) is 16.6 Å². The van der Waals surface area contributed by atoms with Crippen LogP contribution < -0.4 is 5.32 Å². The van der Waals surface area contributed by atoms with Crippen LogP contribution in [0.25, 0.3) is 0 Å². The maximum Gasteiger partial charge on any atom is 0.223 e. The molecule has 18 heavy (non-hydrogen) atoms. The largest absolute Gasteiger partial charge is 0.333 e. The molecule has 1 aromatic heterocycles. The highest BCUT2D eigenvalue weighted by Crippen LogP contribution is 2.32. The smallest absolute Gasteiger partial charge is 0.223 e. The van der Waals surface area contributed by atoms with Gasteiger partial charge in [-0.1, -0.05) is 0 Å². The fourth-order valence-corrected chi connectivity index (χ4v) is 3.23. The van der Waals surface area contributed by atoms with E-state index in [9.17, 15) is 4.79 Å². The number of hydrogen-bond acceptors (Lipinski definition) is 4. The first-order valence-corrected chi connectivity index (χ1v) is 7.54. The number of aromatic nitrogens is 1. The summed E-state index contributed by atoms with van der Waals surface area (Å²) in [5.41, 5.74) is 0. The van der Waals surface area contributed by atoms with Crippen LogP contribution in [-0.4, -0.2) is 35.9 Å². The first-order chi connectivity index (χ1) is 8.83. The van der Waals surface area contributed by atoms with Crippen molar-refractivity contribution >= 4 is 17.2 Å². The number of nitrogens with one attached hydrogen (secondary N) is 1. The van der Waals surface area contributed by atoms with E-state index in [2.05, 4.69) is 10.3 Å². The summed E-state index contributed by atoms with van der Waals surface area (Å²) >= 11 is 1.66. The molecular formula is C13H21N3OS. The number of nitrogens with zero attached hydrogens (tertiary/aromatic N) is 2. The second kappa shape index (κ2) is 6.85. The van der Waals surface area contributed by atoms with Crippen molar-refractivity contribution in [3.63, 3.8) is 0 Å². The first kappa shape index (κ1) is 13.5. The van der Waals surface area contributed by atoms with Gasteiger partial charge in [-0.15, -0.1) is 11.3 Å². The number of hydrogen-bond donors (Lipinski definition) is 1. The van der Waals surface area contributed by atoms with Gasteiger partial charge in [0.15, 0.2) is 0 Å². The van der Waals surface area contributed by atoms with E-state index in [1.165, 1.54) is 6.42 Å². The average molecular weight is 267 g/mol. The molecule has 1 aliphatic heterocycles. The van der Waals surface area contributed by atoms with Gasteiger partial charge in [0.05, 0.1) is 6.04 Å². The third-order valence-corrected chi connectivity index (χ3v) is 4.25. The fraction of sp³-hybridized carbons (Fsp3) is 0.692. The van der Waals surface area contributed by atoms with Gasteiger partial charge in [0.25, 0.3) is 0 Å². The molecule has 0 radical (unpaired) electrons. The van der Waals surface area contributed by atoms with E-state index >= 15 is 0 Å². The highest BCUT2D eigenvalue weighted by Gasteiger charge is 2.28. The lowest BCUT2D eigenvalue weighted by atomic mass is 10.0. The van der Waals surface area contributed by atoms with Crippen molar-refractivity contribution in [2.75, 3.05) is 20.1 Å².